The smallest absolute Gasteiger partial charge is 0.306 e. The van der Waals surface area contributed by atoms with E-state index in [1.807, 2.05) is 21.1 Å². The van der Waals surface area contributed by atoms with Crippen molar-refractivity contribution in [2.75, 3.05) is 47.5 Å². The van der Waals surface area contributed by atoms with E-state index >= 15 is 0 Å². The Hall–Kier alpha value is -3.53. The lowest BCUT2D eigenvalue weighted by atomic mass is 10.0. The number of hydrogen-bond acceptors (Lipinski definition) is 8. The van der Waals surface area contributed by atoms with E-state index in [9.17, 15) is 19.5 Å². The number of esters is 2. The van der Waals surface area contributed by atoms with Gasteiger partial charge < -0.3 is 33.3 Å². The molecule has 0 fully saturated rings. The molecule has 0 saturated heterocycles. The van der Waals surface area contributed by atoms with E-state index in [4.69, 9.17) is 18.9 Å². The molecule has 0 aromatic rings. The number of ether oxygens (including phenoxy) is 4. The Bertz CT molecular complexity index is 1840. The van der Waals surface area contributed by atoms with E-state index in [1.54, 1.807) is 0 Å². The third-order valence-corrected chi connectivity index (χ3v) is 18.1. The van der Waals surface area contributed by atoms with Crippen molar-refractivity contribution in [1.29, 1.82) is 0 Å². The number of unbranched alkanes of at least 4 members (excludes halogenated alkanes) is 47. The Morgan fingerprint density at radius 3 is 0.895 bits per heavy atom. The van der Waals surface area contributed by atoms with Crippen molar-refractivity contribution in [3.63, 3.8) is 0 Å². The highest BCUT2D eigenvalue weighted by atomic mass is 16.7. The molecule has 2 atom stereocenters. The van der Waals surface area contributed by atoms with E-state index in [0.29, 0.717) is 23.9 Å². The van der Waals surface area contributed by atoms with Crippen LogP contribution in [0.3, 0.4) is 0 Å². The summed E-state index contributed by atoms with van der Waals surface area (Å²) in [6, 6.07) is 0. The maximum Gasteiger partial charge on any atom is 0.306 e. The number of hydrogen-bond donors (Lipinski definition) is 0. The summed E-state index contributed by atoms with van der Waals surface area (Å²) in [5.74, 6) is -2.26. The number of quaternary nitrogens is 1. The van der Waals surface area contributed by atoms with Gasteiger partial charge in [0.1, 0.15) is 13.2 Å². The average Bonchev–Trinajstić information content (AvgIpc) is 3.75. The van der Waals surface area contributed by atoms with Crippen molar-refractivity contribution in [2.45, 2.75) is 399 Å². The van der Waals surface area contributed by atoms with Gasteiger partial charge >= 0.3 is 11.9 Å². The van der Waals surface area contributed by atoms with Crippen molar-refractivity contribution < 1.29 is 42.9 Å². The van der Waals surface area contributed by atoms with Crippen LogP contribution in [0.15, 0.2) is 85.1 Å². The van der Waals surface area contributed by atoms with Gasteiger partial charge in [0, 0.05) is 12.8 Å². The molecule has 0 heterocycles. The lowest BCUT2D eigenvalue weighted by molar-refractivity contribution is -0.870. The number of carboxylic acid groups (broad SMARTS) is 1. The second-order valence-electron chi connectivity index (χ2n) is 28.7. The molecule has 9 heteroatoms. The average molecular weight is 1330 g/mol. The quantitative estimate of drug-likeness (QED) is 0.0195. The minimum Gasteiger partial charge on any atom is -0.545 e. The summed E-state index contributed by atoms with van der Waals surface area (Å²) in [5, 5.41) is 11.9. The molecule has 0 amide bonds. The van der Waals surface area contributed by atoms with Gasteiger partial charge in [-0.05, 0) is 89.9 Å². The standard InChI is InChI=1S/C86H155NO8/c1-6-8-10-12-14-16-18-20-22-24-26-28-30-32-34-36-38-40-41-42-43-45-47-49-51-53-55-57-59-61-63-65-67-69-71-73-75-77-84(89)95-82(81-94-86(85(90)91)92-79-78-87(3,4)5)80-93-83(88)76-74-72-70-68-66-64-62-60-58-56-54-52-50-48-46-44-39-37-35-33-31-29-27-25-23-21-19-17-15-13-11-9-7-2/h8,10,14,16,19-22,25-28,32,34,82,86H,6-7,9,11-13,15,17-18,23-24,29-31,33,35-81H2,1-5H3/b10-8-,16-14-,21-19-,22-20-,27-25-,28-26-,34-32-. The molecule has 0 rings (SSSR count). The first kappa shape index (κ1) is 91.5. The van der Waals surface area contributed by atoms with Gasteiger partial charge in [-0.15, -0.1) is 0 Å². The summed E-state index contributed by atoms with van der Waals surface area (Å²) in [4.78, 5) is 37.6. The van der Waals surface area contributed by atoms with Crippen molar-refractivity contribution >= 4 is 17.9 Å². The van der Waals surface area contributed by atoms with E-state index in [-0.39, 0.29) is 32.2 Å². The number of likely N-dealkylation sites (N-methyl/N-ethyl adjacent to an activating group) is 1. The summed E-state index contributed by atoms with van der Waals surface area (Å²) >= 11 is 0. The maximum absolute atomic E-state index is 13.0. The Morgan fingerprint density at radius 1 is 0.326 bits per heavy atom. The molecular formula is C86H155NO8. The first-order valence-electron chi connectivity index (χ1n) is 40.7. The van der Waals surface area contributed by atoms with Crippen molar-refractivity contribution in [2.24, 2.45) is 0 Å². The monoisotopic (exact) mass is 1330 g/mol. The van der Waals surface area contributed by atoms with E-state index in [2.05, 4.69) is 98.9 Å². The minimum atomic E-state index is -1.62. The van der Waals surface area contributed by atoms with Gasteiger partial charge in [0.25, 0.3) is 0 Å². The fourth-order valence-corrected chi connectivity index (χ4v) is 12.0. The molecule has 0 aliphatic heterocycles. The number of allylic oxidation sites excluding steroid dienone is 14. The summed E-state index contributed by atoms with van der Waals surface area (Å²) in [5.41, 5.74) is 0. The molecule has 0 bridgehead atoms. The van der Waals surface area contributed by atoms with Gasteiger partial charge in [-0.3, -0.25) is 9.59 Å². The topological polar surface area (TPSA) is 111 Å². The van der Waals surface area contributed by atoms with Crippen LogP contribution in [-0.4, -0.2) is 82.3 Å². The highest BCUT2D eigenvalue weighted by Gasteiger charge is 2.22. The van der Waals surface area contributed by atoms with Crippen LogP contribution >= 0.6 is 0 Å². The normalized spacial score (nSPS) is 13.1. The second kappa shape index (κ2) is 76.2. The molecule has 0 spiro atoms. The summed E-state index contributed by atoms with van der Waals surface area (Å²) < 4.78 is 22.9. The summed E-state index contributed by atoms with van der Waals surface area (Å²) in [6.07, 6.45) is 101. The zero-order valence-corrected chi connectivity index (χ0v) is 63.3. The van der Waals surface area contributed by atoms with Crippen molar-refractivity contribution in [1.82, 2.24) is 0 Å². The Labute approximate surface area is 589 Å². The van der Waals surface area contributed by atoms with E-state index in [1.165, 1.54) is 283 Å². The fourth-order valence-electron chi connectivity index (χ4n) is 12.0. The van der Waals surface area contributed by atoms with Gasteiger partial charge in [0.05, 0.1) is 40.3 Å². The van der Waals surface area contributed by atoms with Gasteiger partial charge in [-0.25, -0.2) is 0 Å². The number of carbonyl (C=O) groups is 3. The highest BCUT2D eigenvalue weighted by molar-refractivity contribution is 5.70. The summed E-state index contributed by atoms with van der Waals surface area (Å²) in [6.45, 7) is 4.68. The van der Waals surface area contributed by atoms with Crippen LogP contribution in [0.1, 0.15) is 386 Å². The van der Waals surface area contributed by atoms with Gasteiger partial charge in [-0.2, -0.15) is 0 Å². The first-order chi connectivity index (χ1) is 46.6. The lowest BCUT2D eigenvalue weighted by Gasteiger charge is -2.26. The third kappa shape index (κ3) is 77.7. The van der Waals surface area contributed by atoms with Crippen LogP contribution in [-0.2, 0) is 33.3 Å². The molecule has 552 valence electrons. The van der Waals surface area contributed by atoms with Crippen LogP contribution < -0.4 is 5.11 Å². The third-order valence-electron chi connectivity index (χ3n) is 18.1. The van der Waals surface area contributed by atoms with Crippen LogP contribution in [0, 0.1) is 0 Å². The van der Waals surface area contributed by atoms with Crippen LogP contribution in [0.4, 0.5) is 0 Å². The molecule has 0 radical (unpaired) electrons. The number of nitrogens with zero attached hydrogens (tertiary/aromatic N) is 1. The van der Waals surface area contributed by atoms with Gasteiger partial charge in [0.2, 0.25) is 0 Å². The predicted octanol–water partition coefficient (Wildman–Crippen LogP) is 24.8. The van der Waals surface area contributed by atoms with Gasteiger partial charge in [0.15, 0.2) is 12.4 Å². The summed E-state index contributed by atoms with van der Waals surface area (Å²) in [7, 11) is 5.95. The molecule has 0 aromatic heterocycles. The number of carbonyl (C=O) groups excluding carboxylic acids is 3. The van der Waals surface area contributed by atoms with Crippen molar-refractivity contribution in [3.8, 4) is 0 Å². The molecule has 9 nitrogen and oxygen atoms in total. The Balaban J connectivity index is 3.98. The fraction of sp³-hybridized carbons (Fsp3) is 0.802. The second-order valence-corrected chi connectivity index (χ2v) is 28.7. The lowest BCUT2D eigenvalue weighted by Crippen LogP contribution is -2.44. The molecule has 0 aliphatic rings. The molecule has 0 saturated carbocycles. The highest BCUT2D eigenvalue weighted by Crippen LogP contribution is 2.19. The Kier molecular flexibility index (Phi) is 73.4. The molecule has 95 heavy (non-hydrogen) atoms. The zero-order valence-electron chi connectivity index (χ0n) is 63.3. The number of carboxylic acids is 1. The predicted molar refractivity (Wildman–Crippen MR) is 408 cm³/mol. The van der Waals surface area contributed by atoms with Crippen LogP contribution in [0.5, 0.6) is 0 Å². The van der Waals surface area contributed by atoms with Crippen LogP contribution in [0.25, 0.3) is 0 Å². The van der Waals surface area contributed by atoms with Crippen LogP contribution in [0.2, 0.25) is 0 Å². The largest absolute Gasteiger partial charge is 0.545 e. The molecule has 0 aromatic carbocycles. The van der Waals surface area contributed by atoms with Gasteiger partial charge in [-0.1, -0.05) is 369 Å². The molecular weight excluding hydrogens is 1170 g/mol. The Morgan fingerprint density at radius 2 is 0.600 bits per heavy atom. The number of aliphatic carboxylic acids is 1. The molecule has 0 aliphatic carbocycles. The van der Waals surface area contributed by atoms with E-state index in [0.717, 1.165) is 70.6 Å². The molecule has 0 N–H and O–H groups in total. The zero-order chi connectivity index (χ0) is 69.0. The maximum atomic E-state index is 13.0. The minimum absolute atomic E-state index is 0.149. The van der Waals surface area contributed by atoms with Crippen molar-refractivity contribution in [3.05, 3.63) is 85.1 Å². The van der Waals surface area contributed by atoms with E-state index < -0.39 is 24.3 Å². The number of rotatable bonds is 76. The molecule has 2 unspecified atom stereocenters. The SMILES string of the molecule is CC/C=C\C/C=C\C/C=C\C/C=C\C/C=C\CCCCCCCCCCCCCCCCCCCCCCCC(=O)OC(COC(=O)CCCCCCCCCCCCCCCCCCCCCCC/C=C\C/C=C\CCCCCCC)COC(OCC[N+](C)(C)C)C(=O)[O-]. The first-order valence-corrected chi connectivity index (χ1v) is 40.7.